The second-order valence-electron chi connectivity index (χ2n) is 7.07. The fourth-order valence-corrected chi connectivity index (χ4v) is 3.41. The lowest BCUT2D eigenvalue weighted by Crippen LogP contribution is -2.30. The van der Waals surface area contributed by atoms with E-state index < -0.39 is 17.7 Å². The number of carbonyl (C=O) groups is 2. The molecule has 2 aromatic rings. The van der Waals surface area contributed by atoms with Gasteiger partial charge in [-0.1, -0.05) is 25.5 Å². The molecule has 1 unspecified atom stereocenters. The van der Waals surface area contributed by atoms with E-state index in [9.17, 15) is 14.7 Å². The highest BCUT2D eigenvalue weighted by atomic mass is 16.3. The number of hydrogen-bond donors (Lipinski definition) is 1. The number of aliphatic hydroxyl groups excluding tert-OH is 1. The largest absolute Gasteiger partial charge is 0.507 e. The van der Waals surface area contributed by atoms with Gasteiger partial charge in [0.2, 0.25) is 0 Å². The third-order valence-corrected chi connectivity index (χ3v) is 4.97. The van der Waals surface area contributed by atoms with Crippen molar-refractivity contribution in [1.82, 2.24) is 9.88 Å². The van der Waals surface area contributed by atoms with Crippen LogP contribution in [-0.2, 0) is 9.59 Å². The van der Waals surface area contributed by atoms with Crippen LogP contribution in [-0.4, -0.2) is 47.3 Å². The summed E-state index contributed by atoms with van der Waals surface area (Å²) in [5, 5.41) is 10.9. The third kappa shape index (κ3) is 3.63. The number of aromatic nitrogens is 1. The van der Waals surface area contributed by atoms with Crippen molar-refractivity contribution in [3.8, 4) is 0 Å². The number of anilines is 1. The van der Waals surface area contributed by atoms with Gasteiger partial charge in [0, 0.05) is 44.3 Å². The van der Waals surface area contributed by atoms with Gasteiger partial charge in [-0.25, -0.2) is 0 Å². The van der Waals surface area contributed by atoms with Gasteiger partial charge in [0.05, 0.1) is 11.6 Å². The first-order valence-corrected chi connectivity index (χ1v) is 9.41. The van der Waals surface area contributed by atoms with Gasteiger partial charge in [0.25, 0.3) is 11.7 Å². The second-order valence-corrected chi connectivity index (χ2v) is 7.07. The van der Waals surface area contributed by atoms with Crippen molar-refractivity contribution >= 4 is 23.1 Å². The minimum atomic E-state index is -0.646. The molecule has 6 heteroatoms. The van der Waals surface area contributed by atoms with Crippen LogP contribution in [0.25, 0.3) is 5.76 Å². The van der Waals surface area contributed by atoms with Gasteiger partial charge in [-0.3, -0.25) is 14.6 Å². The number of amides is 1. The van der Waals surface area contributed by atoms with E-state index in [0.717, 1.165) is 24.1 Å². The summed E-state index contributed by atoms with van der Waals surface area (Å²) >= 11 is 0. The lowest BCUT2D eigenvalue weighted by atomic mass is 9.95. The molecule has 1 aromatic heterocycles. The van der Waals surface area contributed by atoms with Crippen molar-refractivity contribution in [3.05, 3.63) is 65.5 Å². The molecule has 28 heavy (non-hydrogen) atoms. The average molecular weight is 379 g/mol. The van der Waals surface area contributed by atoms with Gasteiger partial charge in [0.15, 0.2) is 0 Å². The van der Waals surface area contributed by atoms with Crippen LogP contribution in [0.4, 0.5) is 5.69 Å². The number of pyridine rings is 1. The predicted octanol–water partition coefficient (Wildman–Crippen LogP) is 3.37. The van der Waals surface area contributed by atoms with E-state index in [4.69, 9.17) is 0 Å². The van der Waals surface area contributed by atoms with Gasteiger partial charge < -0.3 is 14.9 Å². The molecule has 146 valence electrons. The van der Waals surface area contributed by atoms with Crippen LogP contribution in [0.1, 0.15) is 36.9 Å². The summed E-state index contributed by atoms with van der Waals surface area (Å²) < 4.78 is 0. The number of carbonyl (C=O) groups excluding carboxylic acids is 2. The molecule has 1 N–H and O–H groups in total. The number of nitrogens with zero attached hydrogens (tertiary/aromatic N) is 3. The molecule has 2 heterocycles. The standard InChI is InChI=1S/C22H25N3O3/c1-4-5-14-25-19(15-6-8-17(9-7-15)24(2)3)18(21(27)22(25)28)20(26)16-10-12-23-13-11-16/h6-13,19,26H,4-5,14H2,1-3H3/b20-18-. The molecule has 1 amide bonds. The number of Topliss-reactive ketones (excluding diaryl/α,β-unsaturated/α-hetero) is 1. The SMILES string of the molecule is CCCCN1C(=O)C(=O)/C(=C(\O)c2ccncc2)C1c1ccc(N(C)C)cc1. The molecule has 0 aliphatic carbocycles. The van der Waals surface area contributed by atoms with Gasteiger partial charge in [0.1, 0.15) is 5.76 Å². The van der Waals surface area contributed by atoms with E-state index in [2.05, 4.69) is 4.98 Å². The molecule has 6 nitrogen and oxygen atoms in total. The Morgan fingerprint density at radius 1 is 1.11 bits per heavy atom. The Hall–Kier alpha value is -3.15. The average Bonchev–Trinajstić information content (AvgIpc) is 2.97. The Bertz CT molecular complexity index is 889. The first-order chi connectivity index (χ1) is 13.5. The minimum absolute atomic E-state index is 0.130. The molecular formula is C22H25N3O3. The monoisotopic (exact) mass is 379 g/mol. The van der Waals surface area contributed by atoms with Gasteiger partial charge in [-0.05, 0) is 36.2 Å². The van der Waals surface area contributed by atoms with Crippen LogP contribution in [0.3, 0.4) is 0 Å². The topological polar surface area (TPSA) is 73.7 Å². The molecule has 1 fully saturated rings. The van der Waals surface area contributed by atoms with Gasteiger partial charge in [-0.2, -0.15) is 0 Å². The predicted molar refractivity (Wildman–Crippen MR) is 109 cm³/mol. The van der Waals surface area contributed by atoms with Crippen LogP contribution in [0.15, 0.2) is 54.4 Å². The molecule has 0 saturated carbocycles. The molecule has 1 aliphatic rings. The maximum absolute atomic E-state index is 12.8. The van der Waals surface area contributed by atoms with Crippen LogP contribution in [0, 0.1) is 0 Å². The fraction of sp³-hybridized carbons (Fsp3) is 0.318. The van der Waals surface area contributed by atoms with Crippen molar-refractivity contribution in [2.24, 2.45) is 0 Å². The molecule has 1 atom stereocenters. The zero-order valence-electron chi connectivity index (χ0n) is 16.4. The molecule has 0 bridgehead atoms. The summed E-state index contributed by atoms with van der Waals surface area (Å²) in [4.78, 5) is 33.0. The van der Waals surface area contributed by atoms with Crippen molar-refractivity contribution in [2.75, 3.05) is 25.5 Å². The van der Waals surface area contributed by atoms with Crippen LogP contribution < -0.4 is 4.90 Å². The van der Waals surface area contributed by atoms with Gasteiger partial charge >= 0.3 is 0 Å². The highest BCUT2D eigenvalue weighted by Gasteiger charge is 2.45. The normalized spacial score (nSPS) is 18.5. The lowest BCUT2D eigenvalue weighted by Gasteiger charge is -2.25. The minimum Gasteiger partial charge on any atom is -0.507 e. The Morgan fingerprint density at radius 2 is 1.75 bits per heavy atom. The second kappa shape index (κ2) is 8.25. The summed E-state index contributed by atoms with van der Waals surface area (Å²) in [5.74, 6) is -1.38. The number of rotatable bonds is 6. The van der Waals surface area contributed by atoms with E-state index in [1.165, 1.54) is 0 Å². The van der Waals surface area contributed by atoms with Crippen molar-refractivity contribution in [3.63, 3.8) is 0 Å². The van der Waals surface area contributed by atoms with E-state index in [1.54, 1.807) is 29.4 Å². The van der Waals surface area contributed by atoms with Crippen LogP contribution in [0.5, 0.6) is 0 Å². The molecule has 1 aliphatic heterocycles. The van der Waals surface area contributed by atoms with E-state index in [0.29, 0.717) is 12.1 Å². The number of aliphatic hydroxyl groups is 1. The summed E-state index contributed by atoms with van der Waals surface area (Å²) in [6.45, 7) is 2.50. The fourth-order valence-electron chi connectivity index (χ4n) is 3.41. The van der Waals surface area contributed by atoms with E-state index >= 15 is 0 Å². The Balaban J connectivity index is 2.12. The van der Waals surface area contributed by atoms with Gasteiger partial charge in [-0.15, -0.1) is 0 Å². The van der Waals surface area contributed by atoms with E-state index in [1.807, 2.05) is 50.2 Å². The summed E-state index contributed by atoms with van der Waals surface area (Å²) in [7, 11) is 3.90. The highest BCUT2D eigenvalue weighted by molar-refractivity contribution is 6.46. The maximum atomic E-state index is 12.8. The van der Waals surface area contributed by atoms with E-state index in [-0.39, 0.29) is 11.3 Å². The molecule has 3 rings (SSSR count). The molecule has 0 spiro atoms. The summed E-state index contributed by atoms with van der Waals surface area (Å²) in [6, 6.07) is 10.4. The van der Waals surface area contributed by atoms with Crippen LogP contribution >= 0.6 is 0 Å². The maximum Gasteiger partial charge on any atom is 0.295 e. The first-order valence-electron chi connectivity index (χ1n) is 9.41. The Labute approximate surface area is 165 Å². The quantitative estimate of drug-likeness (QED) is 0.473. The molecule has 1 aromatic carbocycles. The first kappa shape index (κ1) is 19.6. The molecular weight excluding hydrogens is 354 g/mol. The van der Waals surface area contributed by atoms with Crippen molar-refractivity contribution in [1.29, 1.82) is 0 Å². The van der Waals surface area contributed by atoms with Crippen LogP contribution in [0.2, 0.25) is 0 Å². The highest BCUT2D eigenvalue weighted by Crippen LogP contribution is 2.39. The third-order valence-electron chi connectivity index (χ3n) is 4.97. The van der Waals surface area contributed by atoms with Crippen molar-refractivity contribution < 1.29 is 14.7 Å². The Morgan fingerprint density at radius 3 is 2.32 bits per heavy atom. The Kier molecular flexibility index (Phi) is 5.78. The number of hydrogen-bond acceptors (Lipinski definition) is 5. The number of likely N-dealkylation sites (tertiary alicyclic amines) is 1. The smallest absolute Gasteiger partial charge is 0.295 e. The molecule has 0 radical (unpaired) electrons. The zero-order chi connectivity index (χ0) is 20.3. The van der Waals surface area contributed by atoms with Crippen molar-refractivity contribution in [2.45, 2.75) is 25.8 Å². The number of unbranched alkanes of at least 4 members (excludes halogenated alkanes) is 1. The summed E-state index contributed by atoms with van der Waals surface area (Å²) in [6.07, 6.45) is 4.78. The number of ketones is 1. The summed E-state index contributed by atoms with van der Waals surface area (Å²) in [5.41, 5.74) is 2.42. The lowest BCUT2D eigenvalue weighted by molar-refractivity contribution is -0.139. The number of benzene rings is 1. The zero-order valence-corrected chi connectivity index (χ0v) is 16.4. The molecule has 1 saturated heterocycles.